The third-order valence-corrected chi connectivity index (χ3v) is 13.1. The Morgan fingerprint density at radius 3 is 1.65 bits per heavy atom. The highest BCUT2D eigenvalue weighted by Crippen LogP contribution is 2.26. The predicted molar refractivity (Wildman–Crippen MR) is 107 cm³/mol. The highest BCUT2D eigenvalue weighted by atomic mass is 28.4. The van der Waals surface area contributed by atoms with Crippen LogP contribution in [0.2, 0.25) is 44.3 Å². The fourth-order valence-electron chi connectivity index (χ4n) is 3.33. The van der Waals surface area contributed by atoms with Gasteiger partial charge in [-0.15, -0.1) is 0 Å². The predicted octanol–water partition coefficient (Wildman–Crippen LogP) is 2.97. The topological polar surface area (TPSA) is 58.9 Å². The molecule has 1 fully saturated rings. The molecule has 0 radical (unpaired) electrons. The zero-order chi connectivity index (χ0) is 17.9. The van der Waals surface area contributed by atoms with Gasteiger partial charge in [0.15, 0.2) is 26.4 Å². The summed E-state index contributed by atoms with van der Waals surface area (Å²) in [5, 5.41) is 18.2. The van der Waals surface area contributed by atoms with Gasteiger partial charge in [-0.3, -0.25) is 0 Å². The minimum atomic E-state index is -1.68. The lowest BCUT2D eigenvalue weighted by Crippen LogP contribution is -2.46. The molecule has 140 valence electrons. The minimum absolute atomic E-state index is 0.00849. The normalized spacial score (nSPS) is 19.8. The number of hydrogen-bond acceptors (Lipinski definition) is 4. The van der Waals surface area contributed by atoms with Crippen molar-refractivity contribution in [2.45, 2.75) is 71.0 Å². The SMILES string of the molecule is C1CC[SiH2]OC1.CC(CO)C[Si](C)(C)O[Si](C)(C)CC(C)CO. The first-order chi connectivity index (χ1) is 10.6. The van der Waals surface area contributed by atoms with Crippen LogP contribution in [0.4, 0.5) is 0 Å². The molecule has 0 aromatic rings. The zero-order valence-corrected chi connectivity index (χ0v) is 19.6. The maximum Gasteiger partial charge on any atom is 0.173 e. The smallest absolute Gasteiger partial charge is 0.173 e. The zero-order valence-electron chi connectivity index (χ0n) is 16.2. The molecule has 0 bridgehead atoms. The van der Waals surface area contributed by atoms with E-state index in [-0.39, 0.29) is 23.0 Å². The van der Waals surface area contributed by atoms with Crippen LogP contribution in [0.25, 0.3) is 0 Å². The fourth-order valence-corrected chi connectivity index (χ4v) is 14.8. The monoisotopic (exact) mass is 380 g/mol. The summed E-state index contributed by atoms with van der Waals surface area (Å²) in [6, 6.07) is 3.43. The van der Waals surface area contributed by atoms with Crippen molar-refractivity contribution < 1.29 is 18.8 Å². The molecule has 0 aliphatic carbocycles. The molecule has 2 N–H and O–H groups in total. The van der Waals surface area contributed by atoms with E-state index < -0.39 is 16.6 Å². The van der Waals surface area contributed by atoms with Crippen molar-refractivity contribution in [1.82, 2.24) is 0 Å². The molecule has 2 unspecified atom stereocenters. The third-order valence-electron chi connectivity index (χ3n) is 3.93. The Kier molecular flexibility index (Phi) is 12.2. The van der Waals surface area contributed by atoms with Crippen LogP contribution in [0, 0.1) is 11.8 Å². The first-order valence-electron chi connectivity index (χ1n) is 9.11. The lowest BCUT2D eigenvalue weighted by molar-refractivity contribution is 0.241. The summed E-state index contributed by atoms with van der Waals surface area (Å²) in [7, 11) is -3.36. The van der Waals surface area contributed by atoms with Crippen molar-refractivity contribution in [1.29, 1.82) is 0 Å². The van der Waals surface area contributed by atoms with E-state index >= 15 is 0 Å². The maximum absolute atomic E-state index is 9.12. The van der Waals surface area contributed by atoms with Gasteiger partial charge in [-0.2, -0.15) is 0 Å². The summed E-state index contributed by atoms with van der Waals surface area (Å²) in [5.74, 6) is 0.661. The molecule has 0 saturated carbocycles. The van der Waals surface area contributed by atoms with Gasteiger partial charge in [0, 0.05) is 19.8 Å². The second kappa shape index (κ2) is 11.9. The van der Waals surface area contributed by atoms with Crippen molar-refractivity contribution in [3.8, 4) is 0 Å². The molecule has 0 spiro atoms. The summed E-state index contributed by atoms with van der Waals surface area (Å²) in [6.07, 6.45) is 2.75. The molecule has 1 heterocycles. The van der Waals surface area contributed by atoms with E-state index in [1.54, 1.807) is 0 Å². The van der Waals surface area contributed by atoms with E-state index in [0.29, 0.717) is 11.8 Å². The number of hydrogen-bond donors (Lipinski definition) is 2. The van der Waals surface area contributed by atoms with Crippen LogP contribution in [0.1, 0.15) is 26.7 Å². The van der Waals surface area contributed by atoms with Crippen LogP contribution in [-0.4, -0.2) is 56.4 Å². The van der Waals surface area contributed by atoms with Gasteiger partial charge < -0.3 is 18.8 Å². The molecule has 1 rings (SSSR count). The molecule has 1 saturated heterocycles. The van der Waals surface area contributed by atoms with Crippen LogP contribution in [0.3, 0.4) is 0 Å². The van der Waals surface area contributed by atoms with Gasteiger partial charge >= 0.3 is 0 Å². The Hall–Kier alpha value is 0.491. The number of aliphatic hydroxyl groups excluding tert-OH is 2. The Labute approximate surface area is 148 Å². The van der Waals surface area contributed by atoms with Gasteiger partial charge in [0.2, 0.25) is 0 Å². The van der Waals surface area contributed by atoms with Crippen LogP contribution >= 0.6 is 0 Å². The minimum Gasteiger partial charge on any atom is -0.455 e. The molecule has 0 aromatic carbocycles. The van der Waals surface area contributed by atoms with E-state index in [9.17, 15) is 0 Å². The van der Waals surface area contributed by atoms with Gasteiger partial charge in [-0.05, 0) is 62.6 Å². The molecule has 2 atom stereocenters. The van der Waals surface area contributed by atoms with E-state index in [1.807, 2.05) is 0 Å². The standard InChI is InChI=1S/C12H30O3Si2.C4H10OSi/c1-11(7-13)9-16(3,4)15-17(5,6)10-12(2)8-14;1-2-4-6-5-3-1/h11-14H,7-10H2,1-6H3;1-4,6H2. The highest BCUT2D eigenvalue weighted by molar-refractivity contribution is 6.84. The molecular formula is C16H40O4Si3. The maximum atomic E-state index is 9.12. The summed E-state index contributed by atoms with van der Waals surface area (Å²) in [4.78, 5) is 0. The lowest BCUT2D eigenvalue weighted by Gasteiger charge is -2.36. The Morgan fingerprint density at radius 2 is 1.43 bits per heavy atom. The van der Waals surface area contributed by atoms with Crippen LogP contribution < -0.4 is 0 Å². The average molecular weight is 381 g/mol. The summed E-state index contributed by atoms with van der Waals surface area (Å²) >= 11 is 0. The Balaban J connectivity index is 0.000000664. The van der Waals surface area contributed by atoms with Gasteiger partial charge in [0.05, 0.1) is 0 Å². The van der Waals surface area contributed by atoms with Gasteiger partial charge in [0.25, 0.3) is 0 Å². The van der Waals surface area contributed by atoms with Crippen molar-refractivity contribution in [2.24, 2.45) is 11.8 Å². The van der Waals surface area contributed by atoms with E-state index in [2.05, 4.69) is 40.0 Å². The van der Waals surface area contributed by atoms with Crippen LogP contribution in [0.5, 0.6) is 0 Å². The van der Waals surface area contributed by atoms with Crippen molar-refractivity contribution in [3.63, 3.8) is 0 Å². The molecule has 4 nitrogen and oxygen atoms in total. The second-order valence-electron chi connectivity index (χ2n) is 8.28. The fraction of sp³-hybridized carbons (Fsp3) is 1.00. The van der Waals surface area contributed by atoms with Crippen molar-refractivity contribution in [3.05, 3.63) is 0 Å². The van der Waals surface area contributed by atoms with Crippen molar-refractivity contribution >= 4 is 26.4 Å². The quantitative estimate of drug-likeness (QED) is 0.636. The molecule has 0 amide bonds. The average Bonchev–Trinajstić information content (AvgIpc) is 2.47. The molecule has 7 heteroatoms. The highest BCUT2D eigenvalue weighted by Gasteiger charge is 2.34. The summed E-state index contributed by atoms with van der Waals surface area (Å²) in [5.41, 5.74) is 0. The largest absolute Gasteiger partial charge is 0.455 e. The van der Waals surface area contributed by atoms with Gasteiger partial charge in [-0.1, -0.05) is 20.3 Å². The first-order valence-corrected chi connectivity index (χ1v) is 16.9. The Morgan fingerprint density at radius 1 is 0.957 bits per heavy atom. The third kappa shape index (κ3) is 13.5. The summed E-state index contributed by atoms with van der Waals surface area (Å²) < 4.78 is 11.6. The van der Waals surface area contributed by atoms with Crippen LogP contribution in [0.15, 0.2) is 0 Å². The van der Waals surface area contributed by atoms with E-state index in [1.165, 1.54) is 18.9 Å². The second-order valence-corrected chi connectivity index (χ2v) is 18.5. The van der Waals surface area contributed by atoms with Crippen molar-refractivity contribution in [2.75, 3.05) is 19.8 Å². The number of aliphatic hydroxyl groups is 2. The molecule has 1 aliphatic heterocycles. The molecule has 1 aliphatic rings. The number of rotatable bonds is 8. The molecular weight excluding hydrogens is 340 g/mol. The van der Waals surface area contributed by atoms with Gasteiger partial charge in [-0.25, -0.2) is 0 Å². The molecule has 0 aromatic heterocycles. The van der Waals surface area contributed by atoms with E-state index in [0.717, 1.165) is 18.7 Å². The van der Waals surface area contributed by atoms with Gasteiger partial charge in [0.1, 0.15) is 0 Å². The Bertz CT molecular complexity index is 264. The first kappa shape index (κ1) is 23.5. The molecule has 23 heavy (non-hydrogen) atoms. The lowest BCUT2D eigenvalue weighted by atomic mass is 10.2. The van der Waals surface area contributed by atoms with Crippen LogP contribution in [-0.2, 0) is 8.54 Å². The van der Waals surface area contributed by atoms with E-state index in [4.69, 9.17) is 18.8 Å². The summed E-state index contributed by atoms with van der Waals surface area (Å²) in [6.45, 7) is 14.6.